The van der Waals surface area contributed by atoms with Crippen molar-refractivity contribution in [3.63, 3.8) is 0 Å². The number of benzene rings is 1. The molecule has 0 unspecified atom stereocenters. The van der Waals surface area contributed by atoms with E-state index in [1.165, 1.54) is 0 Å². The van der Waals surface area contributed by atoms with E-state index in [1.807, 2.05) is 0 Å². The fraction of sp³-hybridized carbons (Fsp3) is 0.389. The molecule has 0 amide bonds. The van der Waals surface area contributed by atoms with Crippen LogP contribution in [0.2, 0.25) is 0 Å². The van der Waals surface area contributed by atoms with Gasteiger partial charge >= 0.3 is 12.4 Å². The maximum Gasteiger partial charge on any atom is 0.452 e. The van der Waals surface area contributed by atoms with Crippen LogP contribution in [0.3, 0.4) is 0 Å². The molecular formula is C18H14F6N4O. The molecular weight excluding hydrogens is 402 g/mol. The lowest BCUT2D eigenvalue weighted by Crippen LogP contribution is -2.09. The van der Waals surface area contributed by atoms with E-state index in [0.29, 0.717) is 18.8 Å². The minimum absolute atomic E-state index is 0.00893. The number of hydrogen-bond acceptors (Lipinski definition) is 4. The quantitative estimate of drug-likeness (QED) is 0.528. The average Bonchev–Trinajstić information content (AvgIpc) is 3.19. The Hall–Kier alpha value is -2.85. The van der Waals surface area contributed by atoms with Crippen molar-refractivity contribution in [1.82, 2.24) is 19.7 Å². The predicted molar refractivity (Wildman–Crippen MR) is 88.5 cm³/mol. The Labute approximate surface area is 160 Å². The molecule has 154 valence electrons. The summed E-state index contributed by atoms with van der Waals surface area (Å²) < 4.78 is 85.4. The van der Waals surface area contributed by atoms with E-state index in [1.54, 1.807) is 4.57 Å². The second kappa shape index (κ2) is 6.89. The van der Waals surface area contributed by atoms with Gasteiger partial charge in [-0.3, -0.25) is 0 Å². The summed E-state index contributed by atoms with van der Waals surface area (Å²) in [6, 6.07) is 3.55. The summed E-state index contributed by atoms with van der Waals surface area (Å²) in [6.45, 7) is 0.456. The first kappa shape index (κ1) is 19.5. The standard InChI is InChI=1S/C18H14F6N4O/c19-17(20,21)11-7-5-10(6-8-11)16-25-13(14(29-16)18(22,23)24)15-27-26-12-4-2-1-3-9-28(12)15/h5-8H,1-4,9H2. The van der Waals surface area contributed by atoms with Gasteiger partial charge in [-0.2, -0.15) is 26.3 Å². The first-order valence-electron chi connectivity index (χ1n) is 8.82. The summed E-state index contributed by atoms with van der Waals surface area (Å²) in [6.07, 6.45) is -6.27. The third-order valence-electron chi connectivity index (χ3n) is 4.67. The van der Waals surface area contributed by atoms with Gasteiger partial charge in [0.2, 0.25) is 11.7 Å². The lowest BCUT2D eigenvalue weighted by Gasteiger charge is -2.07. The predicted octanol–water partition coefficient (Wildman–Crippen LogP) is 5.36. The summed E-state index contributed by atoms with van der Waals surface area (Å²) in [5.74, 6) is -1.28. The molecule has 0 aliphatic carbocycles. The van der Waals surface area contributed by atoms with Gasteiger partial charge in [0.25, 0.3) is 0 Å². The van der Waals surface area contributed by atoms with Crippen molar-refractivity contribution in [2.45, 2.75) is 44.6 Å². The lowest BCUT2D eigenvalue weighted by atomic mass is 10.1. The topological polar surface area (TPSA) is 56.7 Å². The van der Waals surface area contributed by atoms with Gasteiger partial charge in [0.05, 0.1) is 5.56 Å². The molecule has 4 rings (SSSR count). The average molecular weight is 416 g/mol. The van der Waals surface area contributed by atoms with Gasteiger partial charge in [-0.05, 0) is 37.1 Å². The second-order valence-electron chi connectivity index (χ2n) is 6.67. The molecule has 2 aromatic heterocycles. The second-order valence-corrected chi connectivity index (χ2v) is 6.67. The van der Waals surface area contributed by atoms with E-state index < -0.39 is 35.3 Å². The van der Waals surface area contributed by atoms with E-state index in [0.717, 1.165) is 43.5 Å². The molecule has 29 heavy (non-hydrogen) atoms. The number of rotatable bonds is 2. The van der Waals surface area contributed by atoms with E-state index in [-0.39, 0.29) is 11.4 Å². The van der Waals surface area contributed by atoms with Crippen LogP contribution in [0, 0.1) is 0 Å². The van der Waals surface area contributed by atoms with E-state index in [4.69, 9.17) is 4.42 Å². The Morgan fingerprint density at radius 2 is 1.59 bits per heavy atom. The smallest absolute Gasteiger partial charge is 0.431 e. The number of fused-ring (bicyclic) bond motifs is 1. The van der Waals surface area contributed by atoms with Gasteiger partial charge in [-0.25, -0.2) is 4.98 Å². The first-order valence-corrected chi connectivity index (χ1v) is 8.82. The number of oxazole rings is 1. The van der Waals surface area contributed by atoms with Crippen LogP contribution in [-0.2, 0) is 25.3 Å². The zero-order chi connectivity index (χ0) is 20.8. The summed E-state index contributed by atoms with van der Waals surface area (Å²) >= 11 is 0. The van der Waals surface area contributed by atoms with Crippen molar-refractivity contribution in [2.75, 3.05) is 0 Å². The van der Waals surface area contributed by atoms with E-state index in [2.05, 4.69) is 15.2 Å². The molecule has 3 aromatic rings. The van der Waals surface area contributed by atoms with Crippen LogP contribution in [0.25, 0.3) is 23.0 Å². The molecule has 0 N–H and O–H groups in total. The zero-order valence-corrected chi connectivity index (χ0v) is 14.8. The number of alkyl halides is 6. The Balaban J connectivity index is 1.80. The van der Waals surface area contributed by atoms with Gasteiger partial charge in [0.15, 0.2) is 11.5 Å². The van der Waals surface area contributed by atoms with Crippen LogP contribution in [0.5, 0.6) is 0 Å². The SMILES string of the molecule is FC(F)(F)c1ccc(-c2nc(-c3nnc4n3CCCCC4)c(C(F)(F)F)o2)cc1. The monoisotopic (exact) mass is 416 g/mol. The first-order chi connectivity index (χ1) is 13.6. The van der Waals surface area contributed by atoms with Crippen LogP contribution < -0.4 is 0 Å². The van der Waals surface area contributed by atoms with Crippen molar-refractivity contribution in [3.05, 3.63) is 41.4 Å². The normalized spacial score (nSPS) is 15.2. The molecule has 0 spiro atoms. The molecule has 0 bridgehead atoms. The Kier molecular flexibility index (Phi) is 4.62. The number of aryl methyl sites for hydroxylation is 1. The minimum atomic E-state index is -4.86. The highest BCUT2D eigenvalue weighted by Crippen LogP contribution is 2.40. The maximum atomic E-state index is 13.6. The van der Waals surface area contributed by atoms with Crippen LogP contribution in [-0.4, -0.2) is 19.7 Å². The Morgan fingerprint density at radius 3 is 2.24 bits per heavy atom. The van der Waals surface area contributed by atoms with Crippen LogP contribution in [0.4, 0.5) is 26.3 Å². The van der Waals surface area contributed by atoms with Gasteiger partial charge in [-0.15, -0.1) is 10.2 Å². The van der Waals surface area contributed by atoms with Crippen molar-refractivity contribution >= 4 is 0 Å². The Bertz CT molecular complexity index is 1020. The van der Waals surface area contributed by atoms with Crippen LogP contribution >= 0.6 is 0 Å². The number of halogens is 6. The summed E-state index contributed by atoms with van der Waals surface area (Å²) in [5.41, 5.74) is -1.45. The molecule has 0 radical (unpaired) electrons. The fourth-order valence-corrected chi connectivity index (χ4v) is 3.25. The van der Waals surface area contributed by atoms with Crippen molar-refractivity contribution < 1.29 is 30.8 Å². The van der Waals surface area contributed by atoms with Crippen LogP contribution in [0.15, 0.2) is 28.7 Å². The van der Waals surface area contributed by atoms with Crippen molar-refractivity contribution in [2.24, 2.45) is 0 Å². The fourth-order valence-electron chi connectivity index (χ4n) is 3.25. The molecule has 1 aliphatic heterocycles. The molecule has 0 saturated heterocycles. The molecule has 3 heterocycles. The van der Waals surface area contributed by atoms with Crippen LogP contribution in [0.1, 0.15) is 36.4 Å². The van der Waals surface area contributed by atoms with Crippen molar-refractivity contribution in [1.29, 1.82) is 0 Å². The highest BCUT2D eigenvalue weighted by Gasteiger charge is 2.42. The van der Waals surface area contributed by atoms with Gasteiger partial charge in [0, 0.05) is 18.5 Å². The third-order valence-corrected chi connectivity index (χ3v) is 4.67. The Morgan fingerprint density at radius 1 is 0.862 bits per heavy atom. The van der Waals surface area contributed by atoms with E-state index >= 15 is 0 Å². The molecule has 5 nitrogen and oxygen atoms in total. The molecule has 11 heteroatoms. The number of nitrogens with zero attached hydrogens (tertiary/aromatic N) is 4. The molecule has 1 aromatic carbocycles. The molecule has 0 saturated carbocycles. The molecule has 1 aliphatic rings. The number of hydrogen-bond donors (Lipinski definition) is 0. The van der Waals surface area contributed by atoms with Gasteiger partial charge in [0.1, 0.15) is 5.82 Å². The minimum Gasteiger partial charge on any atom is -0.431 e. The van der Waals surface area contributed by atoms with Gasteiger partial charge < -0.3 is 8.98 Å². The maximum absolute atomic E-state index is 13.6. The molecule has 0 atom stereocenters. The highest BCUT2D eigenvalue weighted by atomic mass is 19.4. The van der Waals surface area contributed by atoms with E-state index in [9.17, 15) is 26.3 Å². The summed E-state index contributed by atoms with van der Waals surface area (Å²) in [7, 11) is 0. The third kappa shape index (κ3) is 3.73. The summed E-state index contributed by atoms with van der Waals surface area (Å²) in [4.78, 5) is 3.93. The molecule has 0 fully saturated rings. The number of aromatic nitrogens is 4. The zero-order valence-electron chi connectivity index (χ0n) is 14.8. The lowest BCUT2D eigenvalue weighted by molar-refractivity contribution is -0.152. The van der Waals surface area contributed by atoms with Crippen molar-refractivity contribution in [3.8, 4) is 23.0 Å². The highest BCUT2D eigenvalue weighted by molar-refractivity contribution is 5.62. The largest absolute Gasteiger partial charge is 0.452 e. The van der Waals surface area contributed by atoms with Gasteiger partial charge in [-0.1, -0.05) is 6.42 Å². The summed E-state index contributed by atoms with van der Waals surface area (Å²) in [5, 5.41) is 7.85.